The third-order valence-electron chi connectivity index (χ3n) is 1.97. The lowest BCUT2D eigenvalue weighted by atomic mass is 10.0. The van der Waals surface area contributed by atoms with Crippen LogP contribution in [-0.2, 0) is 9.47 Å². The van der Waals surface area contributed by atoms with Gasteiger partial charge in [-0.15, -0.1) is 5.92 Å². The molecule has 1 aliphatic rings. The van der Waals surface area contributed by atoms with E-state index in [0.29, 0.717) is 19.8 Å². The van der Waals surface area contributed by atoms with Gasteiger partial charge in [0.15, 0.2) is 0 Å². The maximum atomic E-state index is 5.30. The second-order valence-corrected chi connectivity index (χ2v) is 2.87. The van der Waals surface area contributed by atoms with Crippen LogP contribution in [0.1, 0.15) is 13.8 Å². The zero-order valence-corrected chi connectivity index (χ0v) is 8.67. The van der Waals surface area contributed by atoms with Crippen LogP contribution in [0.15, 0.2) is 24.0 Å². The summed E-state index contributed by atoms with van der Waals surface area (Å²) in [6, 6.07) is 0. The van der Waals surface area contributed by atoms with Crippen molar-refractivity contribution in [2.24, 2.45) is 0 Å². The largest absolute Gasteiger partial charge is 0.489 e. The Morgan fingerprint density at radius 3 is 3.07 bits per heavy atom. The molecule has 2 nitrogen and oxygen atoms in total. The van der Waals surface area contributed by atoms with Crippen molar-refractivity contribution in [3.05, 3.63) is 29.9 Å². The quantitative estimate of drug-likeness (QED) is 0.386. The Kier molecular flexibility index (Phi) is 4.88. The molecule has 0 unspecified atom stereocenters. The van der Waals surface area contributed by atoms with E-state index in [4.69, 9.17) is 9.47 Å². The summed E-state index contributed by atoms with van der Waals surface area (Å²) in [5.74, 6) is 6.78. The molecule has 14 heavy (non-hydrogen) atoms. The van der Waals surface area contributed by atoms with E-state index in [0.717, 1.165) is 0 Å². The van der Waals surface area contributed by atoms with Crippen LogP contribution in [0.25, 0.3) is 0 Å². The summed E-state index contributed by atoms with van der Waals surface area (Å²) in [5, 5.41) is 0. The average Bonchev–Trinajstić information content (AvgIpc) is 2.65. The summed E-state index contributed by atoms with van der Waals surface area (Å²) in [6.45, 7) is 5.65. The number of allylic oxidation sites excluding steroid dienone is 1. The van der Waals surface area contributed by atoms with Crippen LogP contribution in [0.2, 0.25) is 0 Å². The van der Waals surface area contributed by atoms with Gasteiger partial charge in [0, 0.05) is 0 Å². The van der Waals surface area contributed by atoms with Crippen molar-refractivity contribution in [2.45, 2.75) is 13.8 Å². The Bertz CT molecular complexity index is 278. The average molecular weight is 191 g/mol. The Hall–Kier alpha value is -1.20. The maximum absolute atomic E-state index is 5.30. The first-order valence-electron chi connectivity index (χ1n) is 4.65. The summed E-state index contributed by atoms with van der Waals surface area (Å²) in [7, 11) is 0. The van der Waals surface area contributed by atoms with E-state index in [2.05, 4.69) is 17.9 Å². The van der Waals surface area contributed by atoms with Crippen LogP contribution >= 0.6 is 0 Å². The van der Waals surface area contributed by atoms with Gasteiger partial charge in [-0.25, -0.2) is 0 Å². The first-order valence-corrected chi connectivity index (χ1v) is 4.65. The molecule has 1 saturated heterocycles. The lowest BCUT2D eigenvalue weighted by Gasteiger charge is -2.01. The Labute approximate surface area is 85.6 Å². The molecule has 0 N–H and O–H groups in total. The van der Waals surface area contributed by atoms with Gasteiger partial charge in [0.25, 0.3) is 0 Å². The van der Waals surface area contributed by atoms with Gasteiger partial charge in [-0.2, -0.15) is 0 Å². The van der Waals surface area contributed by atoms with Crippen molar-refractivity contribution in [2.75, 3.05) is 19.8 Å². The van der Waals surface area contributed by atoms with Gasteiger partial charge in [-0.05, 0) is 25.5 Å². The van der Waals surface area contributed by atoms with Crippen molar-refractivity contribution < 1.29 is 9.47 Å². The van der Waals surface area contributed by atoms with E-state index < -0.39 is 0 Å². The monoisotopic (exact) mass is 191 g/mol. The molecule has 75 valence electrons. The van der Waals surface area contributed by atoms with E-state index in [1.54, 1.807) is 13.2 Å². The third-order valence-corrected chi connectivity index (χ3v) is 1.97. The highest BCUT2D eigenvalue weighted by Gasteiger charge is 2.18. The van der Waals surface area contributed by atoms with Gasteiger partial charge in [-0.1, -0.05) is 12.0 Å². The molecule has 0 aromatic rings. The number of ether oxygens (including phenoxy) is 2. The minimum absolute atomic E-state index is 0.451. The molecule has 0 aliphatic carbocycles. The van der Waals surface area contributed by atoms with Crippen LogP contribution < -0.4 is 0 Å². The van der Waals surface area contributed by atoms with Crippen LogP contribution in [-0.4, -0.2) is 19.8 Å². The lowest BCUT2D eigenvalue weighted by molar-refractivity contribution is 0.210. The van der Waals surface area contributed by atoms with Gasteiger partial charge in [0.05, 0.1) is 25.4 Å². The number of hydrogen-bond donors (Lipinski definition) is 0. The summed E-state index contributed by atoms with van der Waals surface area (Å²) < 4.78 is 10.5. The molecular weight excluding hydrogens is 176 g/mol. The molecule has 0 amide bonds. The van der Waals surface area contributed by atoms with Crippen LogP contribution in [0, 0.1) is 17.8 Å². The van der Waals surface area contributed by atoms with Crippen LogP contribution in [0.3, 0.4) is 0 Å². The van der Waals surface area contributed by atoms with Crippen molar-refractivity contribution >= 4 is 0 Å². The molecule has 1 radical (unpaired) electrons. The van der Waals surface area contributed by atoms with Crippen molar-refractivity contribution in [1.29, 1.82) is 0 Å². The molecule has 0 saturated carbocycles. The summed E-state index contributed by atoms with van der Waals surface area (Å²) in [6.07, 6.45) is 5.69. The Balaban J connectivity index is 2.31. The highest BCUT2D eigenvalue weighted by atomic mass is 16.5. The number of hydrogen-bond acceptors (Lipinski definition) is 2. The molecule has 1 aliphatic heterocycles. The molecule has 0 aromatic heterocycles. The molecule has 0 aromatic carbocycles. The predicted octanol–water partition coefficient (Wildman–Crippen LogP) is 2.09. The summed E-state index contributed by atoms with van der Waals surface area (Å²) in [4.78, 5) is 0. The predicted molar refractivity (Wildman–Crippen MR) is 56.4 cm³/mol. The van der Waals surface area contributed by atoms with E-state index >= 15 is 0 Å². The molecule has 1 rings (SSSR count). The minimum Gasteiger partial charge on any atom is -0.489 e. The van der Waals surface area contributed by atoms with Crippen LogP contribution in [0.4, 0.5) is 0 Å². The molecule has 0 atom stereocenters. The molecule has 1 fully saturated rings. The highest BCUT2D eigenvalue weighted by molar-refractivity contribution is 5.35. The van der Waals surface area contributed by atoms with Gasteiger partial charge >= 0.3 is 0 Å². The molecule has 1 heterocycles. The lowest BCUT2D eigenvalue weighted by Crippen LogP contribution is -1.94. The van der Waals surface area contributed by atoms with E-state index in [1.165, 1.54) is 11.5 Å². The first kappa shape index (κ1) is 10.9. The van der Waals surface area contributed by atoms with Gasteiger partial charge in [0.2, 0.25) is 0 Å². The van der Waals surface area contributed by atoms with E-state index in [-0.39, 0.29) is 0 Å². The maximum Gasteiger partial charge on any atom is 0.148 e. The van der Waals surface area contributed by atoms with Crippen molar-refractivity contribution in [3.63, 3.8) is 0 Å². The smallest absolute Gasteiger partial charge is 0.148 e. The minimum atomic E-state index is 0.451. The van der Waals surface area contributed by atoms with Gasteiger partial charge in [-0.3, -0.25) is 0 Å². The topological polar surface area (TPSA) is 18.5 Å². The molecule has 0 spiro atoms. The fourth-order valence-electron chi connectivity index (χ4n) is 1.17. The van der Waals surface area contributed by atoms with Gasteiger partial charge < -0.3 is 9.47 Å². The Morgan fingerprint density at radius 2 is 2.36 bits per heavy atom. The standard InChI is InChI=1S/C12H15O2/c1-3-5-7-13-8-6-12-10-14-9-11(12)4-2/h4,6,8H,7,9-10H2,1-2H3/b8-6+,11-4-. The second kappa shape index (κ2) is 6.28. The number of rotatable bonds is 3. The fraction of sp³-hybridized carbons (Fsp3) is 0.417. The van der Waals surface area contributed by atoms with E-state index in [1.807, 2.05) is 13.0 Å². The van der Waals surface area contributed by atoms with E-state index in [9.17, 15) is 0 Å². The second-order valence-electron chi connectivity index (χ2n) is 2.87. The van der Waals surface area contributed by atoms with Gasteiger partial charge in [0.1, 0.15) is 6.61 Å². The summed E-state index contributed by atoms with van der Waals surface area (Å²) >= 11 is 0. The summed E-state index contributed by atoms with van der Waals surface area (Å²) in [5.41, 5.74) is 1.24. The third kappa shape index (κ3) is 3.27. The van der Waals surface area contributed by atoms with Crippen LogP contribution in [0.5, 0.6) is 0 Å². The highest BCUT2D eigenvalue weighted by Crippen LogP contribution is 2.22. The Morgan fingerprint density at radius 1 is 1.50 bits per heavy atom. The first-order chi connectivity index (χ1) is 6.88. The molecule has 2 heteroatoms. The normalized spacial score (nSPS) is 20.0. The SMILES string of the molecule is CC#CCO/C=C/[C]1COC/C1=C/C. The fourth-order valence-corrected chi connectivity index (χ4v) is 1.17. The molecular formula is C12H15O2. The zero-order valence-electron chi connectivity index (χ0n) is 8.67. The molecule has 0 bridgehead atoms. The van der Waals surface area contributed by atoms with Crippen molar-refractivity contribution in [3.8, 4) is 11.8 Å². The van der Waals surface area contributed by atoms with Crippen molar-refractivity contribution in [1.82, 2.24) is 0 Å². The zero-order chi connectivity index (χ0) is 10.2.